The minimum absolute atomic E-state index is 0.113. The first-order valence-corrected chi connectivity index (χ1v) is 6.06. The van der Waals surface area contributed by atoms with Crippen molar-refractivity contribution in [2.24, 2.45) is 0 Å². The zero-order chi connectivity index (χ0) is 12.1. The van der Waals surface area contributed by atoms with Crippen LogP contribution in [-0.2, 0) is 6.42 Å². The molecule has 2 aromatic rings. The van der Waals surface area contributed by atoms with Gasteiger partial charge in [0.05, 0.1) is 6.04 Å². The average molecular weight is 251 g/mol. The number of nitrogens with zero attached hydrogens (tertiary/aromatic N) is 1. The number of pyridine rings is 1. The van der Waals surface area contributed by atoms with E-state index in [1.165, 1.54) is 0 Å². The molecule has 1 atom stereocenters. The van der Waals surface area contributed by atoms with Gasteiger partial charge < -0.3 is 9.73 Å². The maximum atomic E-state index is 5.80. The molecule has 2 heterocycles. The Bertz CT molecular complexity index is 455. The summed E-state index contributed by atoms with van der Waals surface area (Å²) in [7, 11) is 0. The number of hydrogen-bond acceptors (Lipinski definition) is 3. The van der Waals surface area contributed by atoms with E-state index in [1.54, 1.807) is 12.3 Å². The largest absolute Gasteiger partial charge is 0.448 e. The Kier molecular flexibility index (Phi) is 4.18. The maximum absolute atomic E-state index is 5.80. The number of nitrogens with one attached hydrogen (secondary N) is 1. The van der Waals surface area contributed by atoms with Gasteiger partial charge in [-0.25, -0.2) is 0 Å². The van der Waals surface area contributed by atoms with E-state index < -0.39 is 0 Å². The summed E-state index contributed by atoms with van der Waals surface area (Å²) in [6, 6.07) is 9.69. The summed E-state index contributed by atoms with van der Waals surface area (Å²) in [6.45, 7) is 2.94. The average Bonchev–Trinajstić information content (AvgIpc) is 2.77. The third-order valence-corrected chi connectivity index (χ3v) is 2.73. The van der Waals surface area contributed by atoms with Gasteiger partial charge in [0.2, 0.25) is 0 Å². The van der Waals surface area contributed by atoms with Crippen molar-refractivity contribution >= 4 is 11.6 Å². The van der Waals surface area contributed by atoms with E-state index in [9.17, 15) is 0 Å². The van der Waals surface area contributed by atoms with Crippen LogP contribution in [0.15, 0.2) is 40.9 Å². The number of likely N-dealkylation sites (N-methyl/N-ethyl adjacent to an activating group) is 1. The third-order valence-electron chi connectivity index (χ3n) is 2.53. The highest BCUT2D eigenvalue weighted by atomic mass is 35.5. The number of rotatable bonds is 5. The van der Waals surface area contributed by atoms with Crippen LogP contribution in [0.4, 0.5) is 0 Å². The summed E-state index contributed by atoms with van der Waals surface area (Å²) in [5.41, 5.74) is 1.03. The molecule has 0 saturated heterocycles. The van der Waals surface area contributed by atoms with Gasteiger partial charge >= 0.3 is 0 Å². The van der Waals surface area contributed by atoms with Gasteiger partial charge in [0, 0.05) is 18.3 Å². The SMILES string of the molecule is CCNC(Cc1ccccn1)c1ccc(Cl)o1. The molecule has 0 aliphatic rings. The predicted molar refractivity (Wildman–Crippen MR) is 68.1 cm³/mol. The molecule has 90 valence electrons. The fourth-order valence-electron chi connectivity index (χ4n) is 1.76. The smallest absolute Gasteiger partial charge is 0.193 e. The summed E-state index contributed by atoms with van der Waals surface area (Å²) in [5.74, 6) is 0.850. The van der Waals surface area contributed by atoms with E-state index in [-0.39, 0.29) is 6.04 Å². The molecule has 1 unspecified atom stereocenters. The molecular formula is C13H15ClN2O. The number of furan rings is 1. The van der Waals surface area contributed by atoms with E-state index >= 15 is 0 Å². The third kappa shape index (κ3) is 3.32. The zero-order valence-corrected chi connectivity index (χ0v) is 10.4. The Labute approximate surface area is 106 Å². The lowest BCUT2D eigenvalue weighted by Crippen LogP contribution is -2.22. The Hall–Kier alpha value is -1.32. The Balaban J connectivity index is 2.13. The molecule has 2 rings (SSSR count). The molecule has 1 N–H and O–H groups in total. The molecule has 0 aliphatic heterocycles. The number of hydrogen-bond donors (Lipinski definition) is 1. The molecule has 0 fully saturated rings. The van der Waals surface area contributed by atoms with E-state index in [0.717, 1.165) is 24.4 Å². The Morgan fingerprint density at radius 1 is 1.35 bits per heavy atom. The van der Waals surface area contributed by atoms with Crippen LogP contribution in [0.5, 0.6) is 0 Å². The summed E-state index contributed by atoms with van der Waals surface area (Å²) >= 11 is 5.80. The lowest BCUT2D eigenvalue weighted by molar-refractivity contribution is 0.415. The van der Waals surface area contributed by atoms with E-state index in [4.69, 9.17) is 16.0 Å². The van der Waals surface area contributed by atoms with Crippen LogP contribution in [0.1, 0.15) is 24.4 Å². The normalized spacial score (nSPS) is 12.6. The molecule has 0 aliphatic carbocycles. The second kappa shape index (κ2) is 5.84. The lowest BCUT2D eigenvalue weighted by atomic mass is 10.1. The summed E-state index contributed by atoms with van der Waals surface area (Å²) in [4.78, 5) is 4.32. The van der Waals surface area contributed by atoms with E-state index in [0.29, 0.717) is 5.22 Å². The highest BCUT2D eigenvalue weighted by Crippen LogP contribution is 2.22. The van der Waals surface area contributed by atoms with Crippen LogP contribution >= 0.6 is 11.6 Å². The Morgan fingerprint density at radius 2 is 2.24 bits per heavy atom. The van der Waals surface area contributed by atoms with Crippen molar-refractivity contribution in [3.05, 3.63) is 53.2 Å². The summed E-state index contributed by atoms with van der Waals surface area (Å²) < 4.78 is 5.45. The van der Waals surface area contributed by atoms with Gasteiger partial charge in [-0.15, -0.1) is 0 Å². The topological polar surface area (TPSA) is 38.1 Å². The second-order valence-electron chi connectivity index (χ2n) is 3.78. The van der Waals surface area contributed by atoms with Crippen molar-refractivity contribution in [3.63, 3.8) is 0 Å². The van der Waals surface area contributed by atoms with Crippen molar-refractivity contribution in [2.75, 3.05) is 6.54 Å². The van der Waals surface area contributed by atoms with Gasteiger partial charge in [-0.1, -0.05) is 13.0 Å². The molecule has 0 bridgehead atoms. The fraction of sp³-hybridized carbons (Fsp3) is 0.308. The van der Waals surface area contributed by atoms with Crippen LogP contribution in [-0.4, -0.2) is 11.5 Å². The van der Waals surface area contributed by atoms with Gasteiger partial charge in [-0.3, -0.25) is 4.98 Å². The zero-order valence-electron chi connectivity index (χ0n) is 9.69. The molecule has 0 radical (unpaired) electrons. The quantitative estimate of drug-likeness (QED) is 0.886. The minimum atomic E-state index is 0.113. The molecule has 3 nitrogen and oxygen atoms in total. The molecule has 17 heavy (non-hydrogen) atoms. The first-order chi connectivity index (χ1) is 8.29. The highest BCUT2D eigenvalue weighted by molar-refractivity contribution is 6.28. The first-order valence-electron chi connectivity index (χ1n) is 5.68. The molecule has 4 heteroatoms. The Morgan fingerprint density at radius 3 is 2.82 bits per heavy atom. The van der Waals surface area contributed by atoms with Crippen molar-refractivity contribution in [2.45, 2.75) is 19.4 Å². The van der Waals surface area contributed by atoms with Crippen molar-refractivity contribution in [1.82, 2.24) is 10.3 Å². The van der Waals surface area contributed by atoms with Crippen LogP contribution in [0.3, 0.4) is 0 Å². The standard InChI is InChI=1S/C13H15ClN2O/c1-2-15-11(12-6-7-13(14)17-12)9-10-5-3-4-8-16-10/h3-8,11,15H,2,9H2,1H3. The minimum Gasteiger partial charge on any atom is -0.448 e. The molecule has 0 amide bonds. The van der Waals surface area contributed by atoms with Crippen LogP contribution < -0.4 is 5.32 Å². The van der Waals surface area contributed by atoms with E-state index in [1.807, 2.05) is 24.3 Å². The van der Waals surface area contributed by atoms with Gasteiger partial charge in [-0.2, -0.15) is 0 Å². The first kappa shape index (κ1) is 12.1. The maximum Gasteiger partial charge on any atom is 0.193 e. The number of aromatic nitrogens is 1. The summed E-state index contributed by atoms with van der Waals surface area (Å²) in [6.07, 6.45) is 2.59. The molecule has 0 spiro atoms. The van der Waals surface area contributed by atoms with Crippen molar-refractivity contribution in [1.29, 1.82) is 0 Å². The number of halogens is 1. The van der Waals surface area contributed by atoms with Crippen LogP contribution in [0, 0.1) is 0 Å². The highest BCUT2D eigenvalue weighted by Gasteiger charge is 2.15. The molecule has 0 aromatic carbocycles. The van der Waals surface area contributed by atoms with Gasteiger partial charge in [0.1, 0.15) is 5.76 Å². The van der Waals surface area contributed by atoms with Crippen molar-refractivity contribution < 1.29 is 4.42 Å². The molecule has 2 aromatic heterocycles. The lowest BCUT2D eigenvalue weighted by Gasteiger charge is -2.14. The van der Waals surface area contributed by atoms with Crippen molar-refractivity contribution in [3.8, 4) is 0 Å². The van der Waals surface area contributed by atoms with Gasteiger partial charge in [-0.05, 0) is 42.4 Å². The fourth-order valence-corrected chi connectivity index (χ4v) is 1.92. The van der Waals surface area contributed by atoms with Gasteiger partial charge in [0.15, 0.2) is 5.22 Å². The van der Waals surface area contributed by atoms with Gasteiger partial charge in [0.25, 0.3) is 0 Å². The second-order valence-corrected chi connectivity index (χ2v) is 4.15. The molecule has 0 saturated carbocycles. The monoisotopic (exact) mass is 250 g/mol. The van der Waals surface area contributed by atoms with Crippen LogP contribution in [0.25, 0.3) is 0 Å². The van der Waals surface area contributed by atoms with E-state index in [2.05, 4.69) is 17.2 Å². The predicted octanol–water partition coefficient (Wildman–Crippen LogP) is 3.22. The summed E-state index contributed by atoms with van der Waals surface area (Å²) in [5, 5.41) is 3.79. The van der Waals surface area contributed by atoms with Crippen LogP contribution in [0.2, 0.25) is 5.22 Å². The molecular weight excluding hydrogens is 236 g/mol.